The van der Waals surface area contributed by atoms with Gasteiger partial charge in [0, 0.05) is 38.1 Å². The first-order chi connectivity index (χ1) is 15.2. The molecule has 170 valence electrons. The number of carbonyl (C=O) groups is 1. The summed E-state index contributed by atoms with van der Waals surface area (Å²) in [5.41, 5.74) is 3.08. The van der Waals surface area contributed by atoms with Crippen molar-refractivity contribution in [3.63, 3.8) is 0 Å². The van der Waals surface area contributed by atoms with Crippen LogP contribution in [0.15, 0.2) is 53.1 Å². The molecule has 0 radical (unpaired) electrons. The summed E-state index contributed by atoms with van der Waals surface area (Å²) in [6.45, 7) is 19.2. The SMILES string of the molecule is [CH-]=C/C(Cl)=C(\C(=[CH-])NCc1ccc2nccnc2c1)N1CC[C@@H](NC(=O)OC(C)(C)C)C1.[Li+]. The van der Waals surface area contributed by atoms with E-state index in [4.69, 9.17) is 29.5 Å². The summed E-state index contributed by atoms with van der Waals surface area (Å²) in [4.78, 5) is 22.7. The first kappa shape index (κ1) is 26.8. The Balaban J connectivity index is 0.00000385. The van der Waals surface area contributed by atoms with Crippen molar-refractivity contribution in [1.29, 1.82) is 0 Å². The standard InChI is InChI=1S/C24H28ClN5O2.Li/c1-6-19(25)22(30-12-9-18(15-30)29-23(31)32-24(3,4)5)16(2)28-14-17-7-8-20-21(13-17)27-11-10-26-20;/h1-2,6-8,10-11,13,18,28H,9,12,14-15H2,3-5H3,(H,29,31);/q-2;+1/b22-19-;/t18-;/m1./s1. The fourth-order valence-electron chi connectivity index (χ4n) is 3.48. The van der Waals surface area contributed by atoms with Crippen LogP contribution in [-0.4, -0.2) is 45.7 Å². The van der Waals surface area contributed by atoms with E-state index in [0.29, 0.717) is 36.1 Å². The van der Waals surface area contributed by atoms with Crippen LogP contribution < -0.4 is 29.5 Å². The number of ether oxygens (including phenoxy) is 1. The van der Waals surface area contributed by atoms with E-state index in [1.807, 2.05) is 43.9 Å². The number of allylic oxidation sites excluding steroid dienone is 2. The minimum absolute atomic E-state index is 0. The van der Waals surface area contributed by atoms with Crippen molar-refractivity contribution in [3.8, 4) is 0 Å². The molecule has 9 heteroatoms. The molecule has 1 aromatic heterocycles. The molecule has 0 unspecified atom stereocenters. The molecule has 1 aromatic carbocycles. The zero-order valence-electron chi connectivity index (χ0n) is 19.6. The molecule has 3 rings (SSSR count). The average Bonchev–Trinajstić information content (AvgIpc) is 3.18. The molecule has 2 N–H and O–H groups in total. The molecule has 33 heavy (non-hydrogen) atoms. The van der Waals surface area contributed by atoms with Crippen LogP contribution >= 0.6 is 11.6 Å². The summed E-state index contributed by atoms with van der Waals surface area (Å²) in [7, 11) is 0. The Bertz CT molecular complexity index is 1050. The molecule has 2 aromatic rings. The number of hydrogen-bond acceptors (Lipinski definition) is 6. The smallest absolute Gasteiger partial charge is 0.461 e. The number of fused-ring (bicyclic) bond motifs is 1. The van der Waals surface area contributed by atoms with Crippen LogP contribution in [0.3, 0.4) is 0 Å². The maximum absolute atomic E-state index is 12.1. The van der Waals surface area contributed by atoms with Crippen molar-refractivity contribution >= 4 is 28.7 Å². The monoisotopic (exact) mass is 460 g/mol. The van der Waals surface area contributed by atoms with Gasteiger partial charge < -0.3 is 20.3 Å². The Hall–Kier alpha value is -2.46. The number of likely N-dealkylation sites (tertiary alicyclic amines) is 1. The van der Waals surface area contributed by atoms with Crippen LogP contribution in [0.25, 0.3) is 11.0 Å². The van der Waals surface area contributed by atoms with Crippen molar-refractivity contribution in [2.24, 2.45) is 0 Å². The third-order valence-electron chi connectivity index (χ3n) is 4.87. The molecule has 1 amide bonds. The van der Waals surface area contributed by atoms with E-state index >= 15 is 0 Å². The van der Waals surface area contributed by atoms with Crippen LogP contribution in [0, 0.1) is 13.2 Å². The second kappa shape index (κ2) is 11.6. The average molecular weight is 461 g/mol. The molecule has 1 aliphatic rings. The summed E-state index contributed by atoms with van der Waals surface area (Å²) in [6.07, 6.45) is 4.92. The molecule has 2 heterocycles. The van der Waals surface area contributed by atoms with Crippen LogP contribution in [-0.2, 0) is 11.3 Å². The van der Waals surface area contributed by atoms with E-state index in [1.54, 1.807) is 12.4 Å². The van der Waals surface area contributed by atoms with Gasteiger partial charge in [-0.1, -0.05) is 6.07 Å². The van der Waals surface area contributed by atoms with Gasteiger partial charge >= 0.3 is 25.0 Å². The number of nitrogens with zero attached hydrogens (tertiary/aromatic N) is 3. The molecule has 7 nitrogen and oxygen atoms in total. The van der Waals surface area contributed by atoms with E-state index < -0.39 is 11.7 Å². The Morgan fingerprint density at radius 3 is 2.67 bits per heavy atom. The molecule has 0 aliphatic carbocycles. The molecule has 0 spiro atoms. The van der Waals surface area contributed by atoms with Gasteiger partial charge in [0.15, 0.2) is 0 Å². The second-order valence-corrected chi connectivity index (χ2v) is 8.99. The first-order valence-corrected chi connectivity index (χ1v) is 10.8. The molecule has 1 aliphatic heterocycles. The number of alkyl carbamates (subject to hydrolysis) is 1. The molecule has 0 bridgehead atoms. The predicted octanol–water partition coefficient (Wildman–Crippen LogP) is 1.08. The van der Waals surface area contributed by atoms with E-state index in [9.17, 15) is 4.79 Å². The van der Waals surface area contributed by atoms with Crippen molar-refractivity contribution in [2.75, 3.05) is 13.1 Å². The van der Waals surface area contributed by atoms with Crippen LogP contribution in [0.5, 0.6) is 0 Å². The summed E-state index contributed by atoms with van der Waals surface area (Å²) in [5, 5.41) is 6.45. The predicted molar refractivity (Wildman–Crippen MR) is 125 cm³/mol. The van der Waals surface area contributed by atoms with Gasteiger partial charge in [0.25, 0.3) is 0 Å². The molecule has 1 fully saturated rings. The summed E-state index contributed by atoms with van der Waals surface area (Å²) in [6, 6.07) is 5.75. The van der Waals surface area contributed by atoms with E-state index in [1.165, 1.54) is 6.08 Å². The van der Waals surface area contributed by atoms with E-state index in [0.717, 1.165) is 23.0 Å². The number of nitrogens with one attached hydrogen (secondary N) is 2. The largest absolute Gasteiger partial charge is 1.00 e. The van der Waals surface area contributed by atoms with Gasteiger partial charge in [0.2, 0.25) is 0 Å². The van der Waals surface area contributed by atoms with Gasteiger partial charge in [-0.2, -0.15) is 10.7 Å². The van der Waals surface area contributed by atoms with Crippen molar-refractivity contribution in [1.82, 2.24) is 25.5 Å². The fourth-order valence-corrected chi connectivity index (χ4v) is 3.71. The number of carbonyl (C=O) groups excluding carboxylic acids is 1. The zero-order valence-corrected chi connectivity index (χ0v) is 20.3. The number of amides is 1. The zero-order chi connectivity index (χ0) is 23.3. The fraction of sp³-hybridized carbons (Fsp3) is 0.375. The van der Waals surface area contributed by atoms with Crippen molar-refractivity contribution < 1.29 is 28.4 Å². The molecular weight excluding hydrogens is 433 g/mol. The summed E-state index contributed by atoms with van der Waals surface area (Å²) < 4.78 is 5.34. The number of rotatable bonds is 7. The molecule has 0 saturated carbocycles. The minimum Gasteiger partial charge on any atom is -0.461 e. The van der Waals surface area contributed by atoms with Gasteiger partial charge in [0.05, 0.1) is 11.0 Å². The Morgan fingerprint density at radius 2 is 2.00 bits per heavy atom. The Labute approximate surface area is 212 Å². The van der Waals surface area contributed by atoms with Crippen LogP contribution in [0.4, 0.5) is 4.79 Å². The maximum Gasteiger partial charge on any atom is 1.00 e. The normalized spacial score (nSPS) is 16.5. The number of halogens is 1. The molecule has 1 atom stereocenters. The minimum atomic E-state index is -0.554. The van der Waals surface area contributed by atoms with Gasteiger partial charge in [-0.3, -0.25) is 23.1 Å². The van der Waals surface area contributed by atoms with Crippen molar-refractivity contribution in [3.05, 3.63) is 71.8 Å². The third kappa shape index (κ3) is 7.53. The molecular formula is C24H28ClLiN5O2-. The third-order valence-corrected chi connectivity index (χ3v) is 5.17. The number of hydrogen-bond donors (Lipinski definition) is 2. The topological polar surface area (TPSA) is 79.4 Å². The van der Waals surface area contributed by atoms with Crippen LogP contribution in [0.1, 0.15) is 32.8 Å². The quantitative estimate of drug-likeness (QED) is 0.366. The Morgan fingerprint density at radius 1 is 1.30 bits per heavy atom. The van der Waals surface area contributed by atoms with E-state index in [-0.39, 0.29) is 24.9 Å². The second-order valence-electron chi connectivity index (χ2n) is 8.59. The van der Waals surface area contributed by atoms with Gasteiger partial charge in [-0.25, -0.2) is 22.5 Å². The van der Waals surface area contributed by atoms with Gasteiger partial charge in [-0.15, -0.1) is 5.70 Å². The number of benzene rings is 1. The first-order valence-electron chi connectivity index (χ1n) is 10.4. The summed E-state index contributed by atoms with van der Waals surface area (Å²) >= 11 is 6.39. The van der Waals surface area contributed by atoms with Crippen molar-refractivity contribution in [2.45, 2.75) is 45.4 Å². The van der Waals surface area contributed by atoms with Gasteiger partial charge in [0.1, 0.15) is 5.60 Å². The maximum atomic E-state index is 12.1. The van der Waals surface area contributed by atoms with Crippen LogP contribution in [0.2, 0.25) is 0 Å². The van der Waals surface area contributed by atoms with E-state index in [2.05, 4.69) is 20.6 Å². The molecule has 1 saturated heterocycles. The summed E-state index contributed by atoms with van der Waals surface area (Å²) in [5.74, 6) is 0. The Kier molecular flexibility index (Phi) is 9.42. The van der Waals surface area contributed by atoms with Gasteiger partial charge in [-0.05, 0) is 44.9 Å². The number of aromatic nitrogens is 2.